The van der Waals surface area contributed by atoms with Crippen LogP contribution in [-0.4, -0.2) is 38.6 Å². The maximum Gasteiger partial charge on any atom is 0.286 e. The number of aromatic nitrogens is 1. The third kappa shape index (κ3) is 3.68. The molecule has 5 rings (SSSR count). The summed E-state index contributed by atoms with van der Waals surface area (Å²) in [5, 5.41) is 0. The fraction of sp³-hybridized carbons (Fsp3) is 0.280. The van der Waals surface area contributed by atoms with Crippen molar-refractivity contribution in [2.45, 2.75) is 12.8 Å². The summed E-state index contributed by atoms with van der Waals surface area (Å²) in [6.45, 7) is 4.36. The van der Waals surface area contributed by atoms with Gasteiger partial charge in [-0.05, 0) is 42.2 Å². The largest absolute Gasteiger partial charge is 0.321 e. The predicted molar refractivity (Wildman–Crippen MR) is 118 cm³/mol. The van der Waals surface area contributed by atoms with E-state index in [9.17, 15) is 4.79 Å². The first kappa shape index (κ1) is 18.8. The Kier molecular flexibility index (Phi) is 5.20. The molecule has 5 nitrogen and oxygen atoms in total. The molecule has 1 fully saturated rings. The summed E-state index contributed by atoms with van der Waals surface area (Å²) in [4.78, 5) is 22.6. The number of carbonyl (C=O) groups excluding carboxylic acids is 1. The highest BCUT2D eigenvalue weighted by Crippen LogP contribution is 2.35. The van der Waals surface area contributed by atoms with Gasteiger partial charge in [-0.3, -0.25) is 14.6 Å². The highest BCUT2D eigenvalue weighted by atomic mass is 16.2. The molecule has 30 heavy (non-hydrogen) atoms. The number of para-hydroxylation sites is 2. The maximum absolute atomic E-state index is 13.6. The number of pyridine rings is 1. The summed E-state index contributed by atoms with van der Waals surface area (Å²) < 4.78 is 0. The SMILES string of the molecule is O=C(C[NH+]1CCN(c2cccc[nH+]2)CC1)N1c2ccccc2CCc2ccccc21. The van der Waals surface area contributed by atoms with Crippen LogP contribution in [0.3, 0.4) is 0 Å². The molecule has 1 amide bonds. The fourth-order valence-corrected chi connectivity index (χ4v) is 4.66. The van der Waals surface area contributed by atoms with Crippen LogP contribution < -0.4 is 19.7 Å². The number of H-pyrrole nitrogens is 1. The Balaban J connectivity index is 1.34. The first-order valence-corrected chi connectivity index (χ1v) is 10.8. The first-order valence-electron chi connectivity index (χ1n) is 10.8. The lowest BCUT2D eigenvalue weighted by Crippen LogP contribution is -3.16. The monoisotopic (exact) mass is 400 g/mol. The van der Waals surface area contributed by atoms with E-state index in [1.54, 1.807) is 0 Å². The molecule has 0 aliphatic carbocycles. The predicted octanol–water partition coefficient (Wildman–Crippen LogP) is 1.67. The number of benzene rings is 2. The van der Waals surface area contributed by atoms with Crippen LogP contribution in [0.4, 0.5) is 17.2 Å². The molecule has 2 aromatic carbocycles. The minimum Gasteiger partial charge on any atom is -0.321 e. The van der Waals surface area contributed by atoms with Crippen molar-refractivity contribution in [2.75, 3.05) is 42.5 Å². The molecule has 2 aliphatic heterocycles. The van der Waals surface area contributed by atoms with Crippen LogP contribution in [-0.2, 0) is 17.6 Å². The molecule has 0 radical (unpaired) electrons. The lowest BCUT2D eigenvalue weighted by atomic mass is 10.0. The minimum absolute atomic E-state index is 0.187. The molecule has 0 bridgehead atoms. The molecule has 2 aliphatic rings. The number of hydrogen-bond donors (Lipinski definition) is 1. The Hall–Kier alpha value is -3.18. The molecule has 0 unspecified atom stereocenters. The van der Waals surface area contributed by atoms with Crippen molar-refractivity contribution in [2.24, 2.45) is 0 Å². The van der Waals surface area contributed by atoms with Crippen molar-refractivity contribution in [1.82, 2.24) is 0 Å². The number of carbonyl (C=O) groups is 1. The number of nitrogens with zero attached hydrogens (tertiary/aromatic N) is 2. The number of amides is 1. The Morgan fingerprint density at radius 3 is 2.03 bits per heavy atom. The van der Waals surface area contributed by atoms with Gasteiger partial charge in [0.2, 0.25) is 0 Å². The normalized spacial score (nSPS) is 16.5. The van der Waals surface area contributed by atoms with E-state index in [2.05, 4.69) is 58.4 Å². The van der Waals surface area contributed by atoms with Gasteiger partial charge < -0.3 is 4.90 Å². The zero-order chi connectivity index (χ0) is 20.3. The Bertz CT molecular complexity index is 981. The van der Waals surface area contributed by atoms with Crippen LogP contribution in [0.5, 0.6) is 0 Å². The zero-order valence-corrected chi connectivity index (χ0v) is 17.2. The van der Waals surface area contributed by atoms with E-state index in [4.69, 9.17) is 0 Å². The van der Waals surface area contributed by atoms with E-state index >= 15 is 0 Å². The Labute approximate surface area is 177 Å². The third-order valence-electron chi connectivity index (χ3n) is 6.28. The standard InChI is InChI=1S/C25H26N4O/c30-25(19-27-15-17-28(18-16-27)24-11-5-6-14-26-24)29-22-9-3-1-7-20(22)12-13-21-8-2-4-10-23(21)29/h1-11,14H,12-13,15-19H2/p+2. The van der Waals surface area contributed by atoms with Crippen LogP contribution in [0.2, 0.25) is 0 Å². The summed E-state index contributed by atoms with van der Waals surface area (Å²) in [5.74, 6) is 1.34. The van der Waals surface area contributed by atoms with Crippen molar-refractivity contribution in [1.29, 1.82) is 0 Å². The maximum atomic E-state index is 13.6. The summed E-state index contributed by atoms with van der Waals surface area (Å²) in [6, 6.07) is 22.9. The minimum atomic E-state index is 0.187. The molecule has 0 atom stereocenters. The van der Waals surface area contributed by atoms with Crippen LogP contribution in [0.15, 0.2) is 72.9 Å². The van der Waals surface area contributed by atoms with Crippen molar-refractivity contribution in [3.63, 3.8) is 0 Å². The van der Waals surface area contributed by atoms with Gasteiger partial charge in [0.1, 0.15) is 26.2 Å². The summed E-state index contributed by atoms with van der Waals surface area (Å²) in [5.41, 5.74) is 4.59. The molecule has 2 N–H and O–H groups in total. The van der Waals surface area contributed by atoms with Gasteiger partial charge in [0.15, 0.2) is 6.54 Å². The summed E-state index contributed by atoms with van der Waals surface area (Å²) in [6.07, 6.45) is 3.90. The average molecular weight is 401 g/mol. The molecule has 5 heteroatoms. The number of aromatic amines is 1. The van der Waals surface area contributed by atoms with Crippen LogP contribution in [0, 0.1) is 0 Å². The Morgan fingerprint density at radius 2 is 1.43 bits per heavy atom. The molecular weight excluding hydrogens is 372 g/mol. The van der Waals surface area contributed by atoms with Crippen molar-refractivity contribution in [3.8, 4) is 0 Å². The number of aryl methyl sites for hydroxylation is 2. The number of rotatable bonds is 3. The Morgan fingerprint density at radius 1 is 0.833 bits per heavy atom. The molecule has 0 saturated carbocycles. The third-order valence-corrected chi connectivity index (χ3v) is 6.28. The number of fused-ring (bicyclic) bond motifs is 2. The van der Waals surface area contributed by atoms with Gasteiger partial charge in [0.25, 0.3) is 11.7 Å². The smallest absolute Gasteiger partial charge is 0.286 e. The van der Waals surface area contributed by atoms with Crippen molar-refractivity contribution in [3.05, 3.63) is 84.1 Å². The second kappa shape index (κ2) is 8.28. The zero-order valence-electron chi connectivity index (χ0n) is 17.2. The van der Waals surface area contributed by atoms with E-state index < -0.39 is 0 Å². The van der Waals surface area contributed by atoms with Gasteiger partial charge in [-0.1, -0.05) is 42.5 Å². The number of hydrogen-bond acceptors (Lipinski definition) is 2. The van der Waals surface area contributed by atoms with Crippen LogP contribution >= 0.6 is 0 Å². The van der Waals surface area contributed by atoms with E-state index in [1.807, 2.05) is 29.3 Å². The van der Waals surface area contributed by atoms with E-state index in [1.165, 1.54) is 16.0 Å². The lowest BCUT2D eigenvalue weighted by Gasteiger charge is -2.30. The number of piperazine rings is 1. The number of quaternary nitrogens is 1. The van der Waals surface area contributed by atoms with E-state index in [-0.39, 0.29) is 5.91 Å². The quantitative estimate of drug-likeness (QED) is 0.727. The molecule has 152 valence electrons. The van der Waals surface area contributed by atoms with E-state index in [0.29, 0.717) is 6.54 Å². The van der Waals surface area contributed by atoms with Crippen molar-refractivity contribution >= 4 is 23.1 Å². The van der Waals surface area contributed by atoms with Gasteiger partial charge in [0.05, 0.1) is 17.6 Å². The number of nitrogens with one attached hydrogen (secondary N) is 2. The fourth-order valence-electron chi connectivity index (χ4n) is 4.66. The lowest BCUT2D eigenvalue weighted by molar-refractivity contribution is -0.892. The first-order chi connectivity index (χ1) is 14.8. The molecule has 1 saturated heterocycles. The van der Waals surface area contributed by atoms with Gasteiger partial charge in [-0.2, -0.15) is 0 Å². The van der Waals surface area contributed by atoms with Gasteiger partial charge in [-0.15, -0.1) is 0 Å². The molecule has 0 spiro atoms. The molecule has 3 aromatic rings. The highest BCUT2D eigenvalue weighted by Gasteiger charge is 2.31. The summed E-state index contributed by atoms with van der Waals surface area (Å²) in [7, 11) is 0. The van der Waals surface area contributed by atoms with Crippen LogP contribution in [0.1, 0.15) is 11.1 Å². The second-order valence-electron chi connectivity index (χ2n) is 8.15. The van der Waals surface area contributed by atoms with Crippen LogP contribution in [0.25, 0.3) is 0 Å². The van der Waals surface area contributed by atoms with Crippen molar-refractivity contribution < 1.29 is 14.7 Å². The van der Waals surface area contributed by atoms with Gasteiger partial charge >= 0.3 is 0 Å². The molecule has 3 heterocycles. The topological polar surface area (TPSA) is 42.1 Å². The average Bonchev–Trinajstić information content (AvgIpc) is 2.97. The molecular formula is C25H28N4O+2. The number of anilines is 3. The summed E-state index contributed by atoms with van der Waals surface area (Å²) >= 11 is 0. The van der Waals surface area contributed by atoms with Gasteiger partial charge in [0, 0.05) is 6.07 Å². The van der Waals surface area contributed by atoms with Gasteiger partial charge in [-0.25, -0.2) is 4.98 Å². The van der Waals surface area contributed by atoms with E-state index in [0.717, 1.165) is 56.2 Å². The highest BCUT2D eigenvalue weighted by molar-refractivity contribution is 6.02. The molecule has 1 aromatic heterocycles. The second-order valence-corrected chi connectivity index (χ2v) is 8.15.